The molecule has 2 aliphatic rings. The summed E-state index contributed by atoms with van der Waals surface area (Å²) in [6.07, 6.45) is -0.192. The monoisotopic (exact) mass is 313 g/mol. The number of piperidine rings is 2. The van der Waals surface area contributed by atoms with Gasteiger partial charge in [0.1, 0.15) is 0 Å². The average Bonchev–Trinajstić information content (AvgIpc) is 2.40. The Balaban J connectivity index is 1.99. The van der Waals surface area contributed by atoms with Gasteiger partial charge in [0, 0.05) is 12.1 Å². The highest BCUT2D eigenvalue weighted by Crippen LogP contribution is 2.45. The second kappa shape index (κ2) is 5.24. The van der Waals surface area contributed by atoms with Gasteiger partial charge in [-0.2, -0.15) is 13.2 Å². The molecule has 0 radical (unpaired) electrons. The van der Waals surface area contributed by atoms with Gasteiger partial charge in [0.15, 0.2) is 0 Å². The summed E-state index contributed by atoms with van der Waals surface area (Å²) >= 11 is 0. The lowest BCUT2D eigenvalue weighted by atomic mass is 9.71. The van der Waals surface area contributed by atoms with Crippen molar-refractivity contribution in [2.45, 2.75) is 62.9 Å². The molecule has 2 fully saturated rings. The number of hydrogen-bond acceptors (Lipinski definition) is 2. The zero-order valence-corrected chi connectivity index (χ0v) is 13.0. The van der Waals surface area contributed by atoms with Crippen LogP contribution >= 0.6 is 0 Å². The van der Waals surface area contributed by atoms with Gasteiger partial charge in [-0.25, -0.2) is 0 Å². The fourth-order valence-corrected chi connectivity index (χ4v) is 4.17. The fourth-order valence-electron chi connectivity index (χ4n) is 4.17. The molecule has 0 amide bonds. The highest BCUT2D eigenvalue weighted by Gasteiger charge is 2.46. The van der Waals surface area contributed by atoms with Crippen molar-refractivity contribution in [1.29, 1.82) is 0 Å². The molecule has 2 bridgehead atoms. The molecule has 22 heavy (non-hydrogen) atoms. The Morgan fingerprint density at radius 1 is 1.18 bits per heavy atom. The topological polar surface area (TPSA) is 23.5 Å². The van der Waals surface area contributed by atoms with Crippen molar-refractivity contribution in [3.05, 3.63) is 34.9 Å². The maximum Gasteiger partial charge on any atom is 0.416 e. The lowest BCUT2D eigenvalue weighted by Gasteiger charge is -2.51. The zero-order valence-electron chi connectivity index (χ0n) is 13.0. The van der Waals surface area contributed by atoms with Crippen molar-refractivity contribution in [3.8, 4) is 0 Å². The molecule has 0 aromatic heterocycles. The highest BCUT2D eigenvalue weighted by molar-refractivity contribution is 5.37. The number of aryl methyl sites for hydroxylation is 1. The fraction of sp³-hybridized carbons (Fsp3) is 0.647. The predicted molar refractivity (Wildman–Crippen MR) is 78.5 cm³/mol. The molecule has 1 N–H and O–H groups in total. The van der Waals surface area contributed by atoms with E-state index < -0.39 is 17.3 Å². The van der Waals surface area contributed by atoms with Gasteiger partial charge in [0.25, 0.3) is 0 Å². The van der Waals surface area contributed by atoms with Crippen LogP contribution in [0, 0.1) is 6.92 Å². The van der Waals surface area contributed by atoms with Gasteiger partial charge >= 0.3 is 6.18 Å². The molecule has 2 saturated heterocycles. The molecule has 1 aromatic rings. The van der Waals surface area contributed by atoms with Crippen LogP contribution < -0.4 is 0 Å². The standard InChI is InChI=1S/C17H22F3NO/c1-11-6-7-12(17(18,19)20)8-15(11)16(22)9-13-4-3-5-14(10-16)21(13)2/h6-8,13-14,22H,3-5,9-10H2,1-2H3. The van der Waals surface area contributed by atoms with Crippen LogP contribution in [0.25, 0.3) is 0 Å². The van der Waals surface area contributed by atoms with Crippen LogP contribution in [0.1, 0.15) is 48.8 Å². The van der Waals surface area contributed by atoms with Crippen molar-refractivity contribution >= 4 is 0 Å². The Kier molecular flexibility index (Phi) is 3.76. The smallest absolute Gasteiger partial charge is 0.385 e. The second-order valence-corrected chi connectivity index (χ2v) is 6.87. The molecule has 122 valence electrons. The third-order valence-electron chi connectivity index (χ3n) is 5.44. The Hall–Kier alpha value is -1.07. The molecule has 5 heteroatoms. The Bertz CT molecular complexity index is 556. The first-order valence-corrected chi connectivity index (χ1v) is 7.83. The van der Waals surface area contributed by atoms with Gasteiger partial charge < -0.3 is 10.0 Å². The summed E-state index contributed by atoms with van der Waals surface area (Å²) in [7, 11) is 2.06. The first kappa shape index (κ1) is 15.8. The average molecular weight is 313 g/mol. The first-order valence-electron chi connectivity index (χ1n) is 7.83. The van der Waals surface area contributed by atoms with E-state index in [4.69, 9.17) is 0 Å². The molecule has 2 aliphatic heterocycles. The van der Waals surface area contributed by atoms with Crippen LogP contribution in [0.15, 0.2) is 18.2 Å². The second-order valence-electron chi connectivity index (χ2n) is 6.87. The van der Waals surface area contributed by atoms with E-state index in [1.165, 1.54) is 6.07 Å². The molecule has 2 unspecified atom stereocenters. The van der Waals surface area contributed by atoms with Gasteiger partial charge in [-0.1, -0.05) is 12.5 Å². The van der Waals surface area contributed by atoms with Crippen LogP contribution in [0.2, 0.25) is 0 Å². The maximum atomic E-state index is 13.0. The number of hydrogen-bond donors (Lipinski definition) is 1. The third kappa shape index (κ3) is 2.65. The summed E-state index contributed by atoms with van der Waals surface area (Å²) in [4.78, 5) is 2.29. The van der Waals surface area contributed by atoms with E-state index in [0.717, 1.165) is 37.0 Å². The maximum absolute atomic E-state index is 13.0. The van der Waals surface area contributed by atoms with Gasteiger partial charge in [-0.05, 0) is 62.9 Å². The lowest BCUT2D eigenvalue weighted by Crippen LogP contribution is -2.55. The highest BCUT2D eigenvalue weighted by atomic mass is 19.4. The summed E-state index contributed by atoms with van der Waals surface area (Å²) in [5.74, 6) is 0. The molecular weight excluding hydrogens is 291 g/mol. The number of rotatable bonds is 1. The predicted octanol–water partition coefficient (Wildman–Crippen LogP) is 3.85. The number of benzene rings is 1. The van der Waals surface area contributed by atoms with E-state index in [9.17, 15) is 18.3 Å². The van der Waals surface area contributed by atoms with E-state index >= 15 is 0 Å². The van der Waals surface area contributed by atoms with E-state index in [-0.39, 0.29) is 12.1 Å². The minimum absolute atomic E-state index is 0.256. The molecule has 0 spiro atoms. The normalized spacial score (nSPS) is 33.0. The summed E-state index contributed by atoms with van der Waals surface area (Å²) in [5.41, 5.74) is -0.635. The van der Waals surface area contributed by atoms with Crippen LogP contribution in [-0.2, 0) is 11.8 Å². The SMILES string of the molecule is Cc1ccc(C(F)(F)F)cc1C1(O)CC2CCCC(C1)N2C. The van der Waals surface area contributed by atoms with Gasteiger partial charge in [0.05, 0.1) is 11.2 Å². The molecular formula is C17H22F3NO. The minimum Gasteiger partial charge on any atom is -0.385 e. The molecule has 0 saturated carbocycles. The van der Waals surface area contributed by atoms with Crippen molar-refractivity contribution in [1.82, 2.24) is 4.90 Å². The Morgan fingerprint density at radius 2 is 1.77 bits per heavy atom. The van der Waals surface area contributed by atoms with E-state index in [1.807, 2.05) is 0 Å². The van der Waals surface area contributed by atoms with Crippen LogP contribution in [0.3, 0.4) is 0 Å². The number of fused-ring (bicyclic) bond motifs is 2. The summed E-state index contributed by atoms with van der Waals surface area (Å²) in [5, 5.41) is 11.1. The number of halogens is 3. The first-order chi connectivity index (χ1) is 10.2. The van der Waals surface area contributed by atoms with Crippen LogP contribution in [-0.4, -0.2) is 29.1 Å². The number of aliphatic hydroxyl groups is 1. The summed E-state index contributed by atoms with van der Waals surface area (Å²) in [6.45, 7) is 1.78. The van der Waals surface area contributed by atoms with Gasteiger partial charge in [0.2, 0.25) is 0 Å². The zero-order chi connectivity index (χ0) is 16.1. The molecule has 2 heterocycles. The molecule has 3 rings (SSSR count). The summed E-state index contributed by atoms with van der Waals surface area (Å²) in [6, 6.07) is 4.23. The number of alkyl halides is 3. The number of nitrogens with zero attached hydrogens (tertiary/aromatic N) is 1. The Morgan fingerprint density at radius 3 is 2.32 bits per heavy atom. The molecule has 2 nitrogen and oxygen atoms in total. The van der Waals surface area contributed by atoms with Crippen molar-refractivity contribution in [2.24, 2.45) is 0 Å². The largest absolute Gasteiger partial charge is 0.416 e. The third-order valence-corrected chi connectivity index (χ3v) is 5.44. The van der Waals surface area contributed by atoms with Gasteiger partial charge in [-0.15, -0.1) is 0 Å². The van der Waals surface area contributed by atoms with Gasteiger partial charge in [-0.3, -0.25) is 0 Å². The van der Waals surface area contributed by atoms with Crippen molar-refractivity contribution in [2.75, 3.05) is 7.05 Å². The molecule has 0 aliphatic carbocycles. The van der Waals surface area contributed by atoms with Crippen LogP contribution in [0.5, 0.6) is 0 Å². The van der Waals surface area contributed by atoms with E-state index in [2.05, 4.69) is 11.9 Å². The Labute approximate surface area is 128 Å². The van der Waals surface area contributed by atoms with Crippen LogP contribution in [0.4, 0.5) is 13.2 Å². The lowest BCUT2D eigenvalue weighted by molar-refractivity contribution is -0.138. The van der Waals surface area contributed by atoms with E-state index in [0.29, 0.717) is 18.4 Å². The molecule has 2 atom stereocenters. The summed E-state index contributed by atoms with van der Waals surface area (Å²) < 4.78 is 39.0. The quantitative estimate of drug-likeness (QED) is 0.851. The van der Waals surface area contributed by atoms with E-state index in [1.54, 1.807) is 6.92 Å². The van der Waals surface area contributed by atoms with Crippen molar-refractivity contribution in [3.63, 3.8) is 0 Å². The minimum atomic E-state index is -4.37. The van der Waals surface area contributed by atoms with Crippen molar-refractivity contribution < 1.29 is 18.3 Å². The molecule has 1 aromatic carbocycles.